The summed E-state index contributed by atoms with van der Waals surface area (Å²) in [6, 6.07) is 7.69. The number of aliphatic hydroxyl groups is 1. The molecule has 0 aliphatic heterocycles. The first-order valence-electron chi connectivity index (χ1n) is 6.35. The molecule has 0 radical (unpaired) electrons. The largest absolute Gasteiger partial charge is 0.443 e. The van der Waals surface area contributed by atoms with Crippen molar-refractivity contribution in [1.82, 2.24) is 4.57 Å². The molecule has 1 aromatic heterocycles. The summed E-state index contributed by atoms with van der Waals surface area (Å²) in [6.45, 7) is 5.62. The van der Waals surface area contributed by atoms with Crippen LogP contribution >= 0.6 is 0 Å². The molecule has 0 saturated carbocycles. The van der Waals surface area contributed by atoms with E-state index in [1.807, 2.05) is 45.0 Å². The van der Waals surface area contributed by atoms with E-state index in [4.69, 9.17) is 9.84 Å². The van der Waals surface area contributed by atoms with Crippen LogP contribution in [0.4, 0.5) is 4.79 Å². The molecule has 19 heavy (non-hydrogen) atoms. The van der Waals surface area contributed by atoms with Crippen LogP contribution in [0.15, 0.2) is 30.5 Å². The number of fused-ring (bicyclic) bond motifs is 1. The van der Waals surface area contributed by atoms with Gasteiger partial charge in [-0.1, -0.05) is 12.1 Å². The van der Waals surface area contributed by atoms with Crippen LogP contribution in [0.3, 0.4) is 0 Å². The highest BCUT2D eigenvalue weighted by Crippen LogP contribution is 2.20. The third-order valence-corrected chi connectivity index (χ3v) is 2.75. The molecule has 0 atom stereocenters. The van der Waals surface area contributed by atoms with Crippen LogP contribution in [0.2, 0.25) is 0 Å². The van der Waals surface area contributed by atoms with Crippen molar-refractivity contribution in [3.05, 3.63) is 36.0 Å². The second-order valence-electron chi connectivity index (χ2n) is 5.53. The lowest BCUT2D eigenvalue weighted by atomic mass is 10.1. The van der Waals surface area contributed by atoms with Crippen molar-refractivity contribution in [3.63, 3.8) is 0 Å². The van der Waals surface area contributed by atoms with E-state index >= 15 is 0 Å². The Morgan fingerprint density at radius 2 is 2.05 bits per heavy atom. The van der Waals surface area contributed by atoms with Crippen molar-refractivity contribution in [2.75, 3.05) is 6.61 Å². The van der Waals surface area contributed by atoms with E-state index in [9.17, 15) is 4.79 Å². The molecule has 2 rings (SSSR count). The fourth-order valence-corrected chi connectivity index (χ4v) is 1.93. The Hall–Kier alpha value is -1.81. The second kappa shape index (κ2) is 5.05. The van der Waals surface area contributed by atoms with E-state index in [1.165, 1.54) is 4.57 Å². The Bertz CT molecular complexity index is 593. The molecule has 0 unspecified atom stereocenters. The van der Waals surface area contributed by atoms with Crippen LogP contribution < -0.4 is 0 Å². The van der Waals surface area contributed by atoms with E-state index in [0.717, 1.165) is 16.5 Å². The number of hydrogen-bond acceptors (Lipinski definition) is 3. The highest BCUT2D eigenvalue weighted by Gasteiger charge is 2.18. The van der Waals surface area contributed by atoms with Gasteiger partial charge in [0.05, 0.1) is 5.52 Å². The molecule has 1 aromatic carbocycles. The summed E-state index contributed by atoms with van der Waals surface area (Å²) >= 11 is 0. The average Bonchev–Trinajstić information content (AvgIpc) is 2.70. The summed E-state index contributed by atoms with van der Waals surface area (Å²) in [5, 5.41) is 9.95. The molecule has 1 heterocycles. The smallest absolute Gasteiger partial charge is 0.418 e. The molecule has 4 nitrogen and oxygen atoms in total. The Morgan fingerprint density at radius 1 is 1.32 bits per heavy atom. The first kappa shape index (κ1) is 13.6. The molecule has 0 aliphatic rings. The molecule has 0 fully saturated rings. The minimum absolute atomic E-state index is 0.0959. The fraction of sp³-hybridized carbons (Fsp3) is 0.400. The summed E-state index contributed by atoms with van der Waals surface area (Å²) in [5.41, 5.74) is 1.29. The zero-order valence-corrected chi connectivity index (χ0v) is 11.5. The lowest BCUT2D eigenvalue weighted by Crippen LogP contribution is -2.26. The lowest BCUT2D eigenvalue weighted by molar-refractivity contribution is 0.0544. The van der Waals surface area contributed by atoms with Gasteiger partial charge in [-0.15, -0.1) is 0 Å². The average molecular weight is 261 g/mol. The minimum atomic E-state index is -0.517. The van der Waals surface area contributed by atoms with E-state index in [1.54, 1.807) is 6.20 Å². The topological polar surface area (TPSA) is 51.5 Å². The molecule has 0 spiro atoms. The normalized spacial score (nSPS) is 11.8. The standard InChI is InChI=1S/C15H19NO3/c1-15(2,3)19-14(18)16-8-6-12-5-4-11(7-9-17)10-13(12)16/h4-6,8,10,17H,7,9H2,1-3H3. The number of hydrogen-bond donors (Lipinski definition) is 1. The van der Waals surface area contributed by atoms with Crippen LogP contribution in [0.5, 0.6) is 0 Å². The summed E-state index contributed by atoms with van der Waals surface area (Å²) in [4.78, 5) is 12.1. The first-order chi connectivity index (χ1) is 8.90. The van der Waals surface area contributed by atoms with Gasteiger partial charge in [-0.3, -0.25) is 4.57 Å². The van der Waals surface area contributed by atoms with E-state index in [-0.39, 0.29) is 12.7 Å². The van der Waals surface area contributed by atoms with Gasteiger partial charge in [-0.25, -0.2) is 4.79 Å². The number of carbonyl (C=O) groups is 1. The van der Waals surface area contributed by atoms with Gasteiger partial charge in [-0.05, 0) is 44.9 Å². The molecule has 0 aliphatic carbocycles. The number of ether oxygens (including phenoxy) is 1. The van der Waals surface area contributed by atoms with Gasteiger partial charge in [0, 0.05) is 18.2 Å². The Labute approximate surface area is 112 Å². The van der Waals surface area contributed by atoms with Gasteiger partial charge in [0.1, 0.15) is 5.60 Å². The number of carbonyl (C=O) groups excluding carboxylic acids is 1. The van der Waals surface area contributed by atoms with Gasteiger partial charge < -0.3 is 9.84 Å². The Balaban J connectivity index is 2.38. The van der Waals surface area contributed by atoms with Crippen molar-refractivity contribution in [2.24, 2.45) is 0 Å². The van der Waals surface area contributed by atoms with Crippen LogP contribution in [-0.2, 0) is 11.2 Å². The molecule has 0 amide bonds. The van der Waals surface area contributed by atoms with Gasteiger partial charge in [0.25, 0.3) is 0 Å². The van der Waals surface area contributed by atoms with Crippen LogP contribution in [0, 0.1) is 0 Å². The predicted molar refractivity (Wildman–Crippen MR) is 74.4 cm³/mol. The summed E-state index contributed by atoms with van der Waals surface area (Å²) in [5.74, 6) is 0. The third-order valence-electron chi connectivity index (χ3n) is 2.75. The zero-order chi connectivity index (χ0) is 14.0. The number of aromatic nitrogens is 1. The van der Waals surface area contributed by atoms with Gasteiger partial charge in [-0.2, -0.15) is 0 Å². The van der Waals surface area contributed by atoms with Gasteiger partial charge in [0.15, 0.2) is 0 Å². The summed E-state index contributed by atoms with van der Waals surface area (Å²) in [6.07, 6.45) is 1.90. The summed E-state index contributed by atoms with van der Waals surface area (Å²) in [7, 11) is 0. The van der Waals surface area contributed by atoms with E-state index < -0.39 is 5.60 Å². The van der Waals surface area contributed by atoms with Crippen molar-refractivity contribution in [1.29, 1.82) is 0 Å². The molecule has 4 heteroatoms. The molecule has 1 N–H and O–H groups in total. The van der Waals surface area contributed by atoms with Crippen LogP contribution in [0.25, 0.3) is 10.9 Å². The number of rotatable bonds is 2. The molecular weight excluding hydrogens is 242 g/mol. The summed E-state index contributed by atoms with van der Waals surface area (Å²) < 4.78 is 6.87. The highest BCUT2D eigenvalue weighted by atomic mass is 16.6. The Kier molecular flexibility index (Phi) is 3.62. The molecular formula is C15H19NO3. The molecule has 0 saturated heterocycles. The maximum atomic E-state index is 12.1. The molecule has 102 valence electrons. The van der Waals surface area contributed by atoms with Crippen molar-refractivity contribution in [3.8, 4) is 0 Å². The zero-order valence-electron chi connectivity index (χ0n) is 11.5. The number of nitrogens with zero attached hydrogens (tertiary/aromatic N) is 1. The van der Waals surface area contributed by atoms with Crippen molar-refractivity contribution >= 4 is 17.0 Å². The number of benzene rings is 1. The van der Waals surface area contributed by atoms with Crippen LogP contribution in [0.1, 0.15) is 26.3 Å². The maximum absolute atomic E-state index is 12.1. The lowest BCUT2D eigenvalue weighted by Gasteiger charge is -2.19. The van der Waals surface area contributed by atoms with Crippen molar-refractivity contribution in [2.45, 2.75) is 32.8 Å². The van der Waals surface area contributed by atoms with Crippen molar-refractivity contribution < 1.29 is 14.6 Å². The van der Waals surface area contributed by atoms with Gasteiger partial charge in [0.2, 0.25) is 0 Å². The maximum Gasteiger partial charge on any atom is 0.418 e. The minimum Gasteiger partial charge on any atom is -0.443 e. The second-order valence-corrected chi connectivity index (χ2v) is 5.53. The Morgan fingerprint density at radius 3 is 2.68 bits per heavy atom. The van der Waals surface area contributed by atoms with Gasteiger partial charge >= 0.3 is 6.09 Å². The molecule has 0 bridgehead atoms. The SMILES string of the molecule is CC(C)(C)OC(=O)n1ccc2ccc(CCO)cc21. The monoisotopic (exact) mass is 261 g/mol. The quantitative estimate of drug-likeness (QED) is 0.904. The first-order valence-corrected chi connectivity index (χ1v) is 6.35. The van der Waals surface area contributed by atoms with Crippen LogP contribution in [-0.4, -0.2) is 28.0 Å². The molecule has 2 aromatic rings. The number of aliphatic hydroxyl groups excluding tert-OH is 1. The third kappa shape index (κ3) is 3.15. The fourth-order valence-electron chi connectivity index (χ4n) is 1.93. The van der Waals surface area contributed by atoms with E-state index in [0.29, 0.717) is 6.42 Å². The highest BCUT2D eigenvalue weighted by molar-refractivity contribution is 5.89. The predicted octanol–water partition coefficient (Wildman–Crippen LogP) is 2.96. The van der Waals surface area contributed by atoms with E-state index in [2.05, 4.69) is 0 Å².